The Labute approximate surface area is 158 Å². The van der Waals surface area contributed by atoms with E-state index in [1.54, 1.807) is 13.2 Å². The summed E-state index contributed by atoms with van der Waals surface area (Å²) in [6.45, 7) is 0. The Bertz CT molecular complexity index is 1000. The summed E-state index contributed by atoms with van der Waals surface area (Å²) in [6.07, 6.45) is 1.22. The van der Waals surface area contributed by atoms with Gasteiger partial charge in [0.2, 0.25) is 0 Å². The van der Waals surface area contributed by atoms with Gasteiger partial charge in [-0.1, -0.05) is 6.07 Å². The Hall–Kier alpha value is -3.26. The Balaban J connectivity index is 1.72. The number of carbonyl (C=O) groups is 1. The summed E-state index contributed by atoms with van der Waals surface area (Å²) in [5, 5.41) is 3.76. The highest BCUT2D eigenvalue weighted by molar-refractivity contribution is 7.18. The third kappa shape index (κ3) is 4.29. The number of hydrogen-bond donors (Lipinski definition) is 2. The molecule has 1 aromatic heterocycles. The van der Waals surface area contributed by atoms with Gasteiger partial charge in [0, 0.05) is 4.88 Å². The normalized spacial score (nSPS) is 10.9. The van der Waals surface area contributed by atoms with Crippen molar-refractivity contribution in [2.24, 2.45) is 5.10 Å². The third-order valence-corrected chi connectivity index (χ3v) is 4.86. The van der Waals surface area contributed by atoms with Crippen LogP contribution in [0.3, 0.4) is 0 Å². The van der Waals surface area contributed by atoms with Crippen molar-refractivity contribution in [1.29, 1.82) is 0 Å². The van der Waals surface area contributed by atoms with E-state index in [-0.39, 0.29) is 0 Å². The van der Waals surface area contributed by atoms with Crippen LogP contribution in [0.4, 0.5) is 14.5 Å². The van der Waals surface area contributed by atoms with Gasteiger partial charge in [0.25, 0.3) is 5.91 Å². The highest BCUT2D eigenvalue weighted by Crippen LogP contribution is 2.33. The number of benzene rings is 2. The molecule has 8 heteroatoms. The molecule has 0 aliphatic carbocycles. The van der Waals surface area contributed by atoms with Gasteiger partial charge < -0.3 is 10.5 Å². The summed E-state index contributed by atoms with van der Waals surface area (Å²) in [4.78, 5) is 13.4. The molecular formula is C19H15F2N3O2S. The van der Waals surface area contributed by atoms with Crippen molar-refractivity contribution in [2.75, 3.05) is 12.8 Å². The van der Waals surface area contributed by atoms with Crippen molar-refractivity contribution >= 4 is 29.1 Å². The van der Waals surface area contributed by atoms with Crippen LogP contribution >= 0.6 is 11.3 Å². The van der Waals surface area contributed by atoms with E-state index >= 15 is 0 Å². The Morgan fingerprint density at radius 2 is 1.89 bits per heavy atom. The molecule has 1 amide bonds. The van der Waals surface area contributed by atoms with Gasteiger partial charge in [0.15, 0.2) is 11.6 Å². The molecule has 3 rings (SSSR count). The number of amides is 1. The first-order valence-corrected chi connectivity index (χ1v) is 8.62. The van der Waals surface area contributed by atoms with E-state index in [0.717, 1.165) is 28.3 Å². The van der Waals surface area contributed by atoms with Crippen molar-refractivity contribution in [3.63, 3.8) is 0 Å². The smallest absolute Gasteiger partial charge is 0.283 e. The predicted molar refractivity (Wildman–Crippen MR) is 102 cm³/mol. The van der Waals surface area contributed by atoms with Gasteiger partial charge in [-0.05, 0) is 53.6 Å². The van der Waals surface area contributed by atoms with E-state index in [2.05, 4.69) is 10.5 Å². The molecule has 5 nitrogen and oxygen atoms in total. The lowest BCUT2D eigenvalue weighted by Gasteiger charge is -2.00. The molecule has 27 heavy (non-hydrogen) atoms. The molecule has 0 saturated heterocycles. The largest absolute Gasteiger partial charge is 0.497 e. The maximum Gasteiger partial charge on any atom is 0.283 e. The fourth-order valence-corrected chi connectivity index (χ4v) is 3.26. The van der Waals surface area contributed by atoms with Crippen molar-refractivity contribution in [2.45, 2.75) is 0 Å². The lowest BCUT2D eigenvalue weighted by molar-refractivity contribution is 0.0960. The Morgan fingerprint density at radius 3 is 2.56 bits per heavy atom. The van der Waals surface area contributed by atoms with Crippen molar-refractivity contribution in [1.82, 2.24) is 5.43 Å². The van der Waals surface area contributed by atoms with Gasteiger partial charge in [0.1, 0.15) is 10.6 Å². The summed E-state index contributed by atoms with van der Waals surface area (Å²) < 4.78 is 31.2. The topological polar surface area (TPSA) is 76.7 Å². The summed E-state index contributed by atoms with van der Waals surface area (Å²) in [6, 6.07) is 12.4. The Morgan fingerprint density at radius 1 is 1.15 bits per heavy atom. The monoisotopic (exact) mass is 387 g/mol. The zero-order chi connectivity index (χ0) is 19.4. The molecule has 0 spiro atoms. The molecule has 138 valence electrons. The SMILES string of the molecule is COc1ccc(-c2cc(N)c(C(=O)N/N=C\c3ccc(F)c(F)c3)s2)cc1. The molecule has 3 aromatic rings. The number of rotatable bonds is 5. The zero-order valence-corrected chi connectivity index (χ0v) is 15.0. The van der Waals surface area contributed by atoms with Crippen LogP contribution in [0.5, 0.6) is 5.75 Å². The molecule has 0 bridgehead atoms. The fourth-order valence-electron chi connectivity index (χ4n) is 2.29. The molecule has 0 aliphatic rings. The van der Waals surface area contributed by atoms with Crippen LogP contribution in [-0.4, -0.2) is 19.2 Å². The lowest BCUT2D eigenvalue weighted by atomic mass is 10.2. The van der Waals surface area contributed by atoms with Gasteiger partial charge in [-0.25, -0.2) is 14.2 Å². The molecular weight excluding hydrogens is 372 g/mol. The number of carbonyl (C=O) groups excluding carboxylic acids is 1. The minimum atomic E-state index is -0.989. The minimum absolute atomic E-state index is 0.309. The van der Waals surface area contributed by atoms with Crippen LogP contribution in [0.1, 0.15) is 15.2 Å². The molecule has 2 aromatic carbocycles. The fraction of sp³-hybridized carbons (Fsp3) is 0.0526. The lowest BCUT2D eigenvalue weighted by Crippen LogP contribution is -2.17. The Kier molecular flexibility index (Phi) is 5.46. The number of thiophene rings is 1. The van der Waals surface area contributed by atoms with E-state index in [9.17, 15) is 13.6 Å². The molecule has 0 fully saturated rings. The summed E-state index contributed by atoms with van der Waals surface area (Å²) in [5.41, 5.74) is 9.80. The first-order valence-electron chi connectivity index (χ1n) is 7.80. The number of nitrogens with one attached hydrogen (secondary N) is 1. The number of hydrogen-bond acceptors (Lipinski definition) is 5. The number of nitrogen functional groups attached to an aromatic ring is 1. The molecule has 0 saturated carbocycles. The van der Waals surface area contributed by atoms with E-state index < -0.39 is 17.5 Å². The van der Waals surface area contributed by atoms with Crippen molar-refractivity contribution < 1.29 is 18.3 Å². The van der Waals surface area contributed by atoms with Gasteiger partial charge in [-0.3, -0.25) is 4.79 Å². The van der Waals surface area contributed by atoms with Gasteiger partial charge in [0.05, 0.1) is 19.0 Å². The van der Waals surface area contributed by atoms with Crippen molar-refractivity contribution in [3.05, 3.63) is 70.6 Å². The zero-order valence-electron chi connectivity index (χ0n) is 14.2. The van der Waals surface area contributed by atoms with Crippen LogP contribution in [0, 0.1) is 11.6 Å². The summed E-state index contributed by atoms with van der Waals surface area (Å²) in [5.74, 6) is -1.70. The molecule has 0 aliphatic heterocycles. The second-order valence-corrected chi connectivity index (χ2v) is 6.55. The quantitative estimate of drug-likeness (QED) is 0.512. The standard InChI is InChI=1S/C19H15F2N3O2S/c1-26-13-5-3-12(4-6-13)17-9-16(22)18(27-17)19(25)24-23-10-11-2-7-14(20)15(21)8-11/h2-10H,22H2,1H3,(H,24,25)/b23-10-. The molecule has 1 heterocycles. The molecule has 0 unspecified atom stereocenters. The maximum absolute atomic E-state index is 13.1. The minimum Gasteiger partial charge on any atom is -0.497 e. The van der Waals surface area contributed by atoms with Crippen LogP contribution in [0.15, 0.2) is 53.6 Å². The van der Waals surface area contributed by atoms with E-state index in [1.165, 1.54) is 23.6 Å². The number of hydrazone groups is 1. The first kappa shape index (κ1) is 18.5. The second kappa shape index (κ2) is 7.96. The van der Waals surface area contributed by atoms with Crippen LogP contribution in [0.25, 0.3) is 10.4 Å². The van der Waals surface area contributed by atoms with Crippen LogP contribution in [-0.2, 0) is 0 Å². The maximum atomic E-state index is 13.1. The second-order valence-electron chi connectivity index (χ2n) is 5.50. The number of nitrogens with zero attached hydrogens (tertiary/aromatic N) is 1. The van der Waals surface area contributed by atoms with Gasteiger partial charge >= 0.3 is 0 Å². The number of methoxy groups -OCH3 is 1. The van der Waals surface area contributed by atoms with E-state index in [0.29, 0.717) is 16.1 Å². The van der Waals surface area contributed by atoms with Crippen molar-refractivity contribution in [3.8, 4) is 16.2 Å². The first-order chi connectivity index (χ1) is 13.0. The summed E-state index contributed by atoms with van der Waals surface area (Å²) >= 11 is 1.22. The average Bonchev–Trinajstić information content (AvgIpc) is 3.06. The number of ether oxygens (including phenoxy) is 1. The van der Waals surface area contributed by atoms with Crippen LogP contribution < -0.4 is 15.9 Å². The van der Waals surface area contributed by atoms with E-state index in [1.807, 2.05) is 24.3 Å². The van der Waals surface area contributed by atoms with Gasteiger partial charge in [-0.2, -0.15) is 5.10 Å². The molecule has 3 N–H and O–H groups in total. The molecule has 0 atom stereocenters. The van der Waals surface area contributed by atoms with Gasteiger partial charge in [-0.15, -0.1) is 11.3 Å². The number of nitrogens with two attached hydrogens (primary N) is 1. The number of halogens is 2. The summed E-state index contributed by atoms with van der Waals surface area (Å²) in [7, 11) is 1.58. The van der Waals surface area contributed by atoms with E-state index in [4.69, 9.17) is 10.5 Å². The predicted octanol–water partition coefficient (Wildman–Crippen LogP) is 4.05. The highest BCUT2D eigenvalue weighted by Gasteiger charge is 2.15. The average molecular weight is 387 g/mol. The van der Waals surface area contributed by atoms with Crippen LogP contribution in [0.2, 0.25) is 0 Å². The molecule has 0 radical (unpaired) electrons. The number of anilines is 1. The highest BCUT2D eigenvalue weighted by atomic mass is 32.1. The third-order valence-electron chi connectivity index (χ3n) is 3.66.